The number of hydrogen-bond donors (Lipinski definition) is 2. The predicted octanol–water partition coefficient (Wildman–Crippen LogP) is 3.04. The average Bonchev–Trinajstić information content (AvgIpc) is 3.01. The van der Waals surface area contributed by atoms with Crippen molar-refractivity contribution >= 4 is 63.3 Å². The Balaban J connectivity index is 1.46. The molecule has 1 aliphatic rings. The Bertz CT molecular complexity index is 1620. The van der Waals surface area contributed by atoms with Crippen molar-refractivity contribution in [2.24, 2.45) is 0 Å². The molecule has 5 rings (SSSR count). The van der Waals surface area contributed by atoms with E-state index in [1.807, 2.05) is 11.0 Å². The summed E-state index contributed by atoms with van der Waals surface area (Å²) in [6.07, 6.45) is 0.809. The van der Waals surface area contributed by atoms with Gasteiger partial charge in [0.15, 0.2) is 11.6 Å². The van der Waals surface area contributed by atoms with Crippen molar-refractivity contribution in [2.45, 2.75) is 0 Å². The minimum atomic E-state index is -2.82. The number of carbonyl (C=O) groups excluding carboxylic acids is 2. The van der Waals surface area contributed by atoms with E-state index in [9.17, 15) is 18.4 Å². The highest BCUT2D eigenvalue weighted by Crippen LogP contribution is 2.36. The van der Waals surface area contributed by atoms with Crippen LogP contribution in [0.25, 0.3) is 11.0 Å². The standard InChI is InChI=1S/C29H31N7O6S/c1-41-23-15-21(16-24(17-23)42-2)31-28-29(33-26-9-4-3-8-25(26)32-28)36(43(39)40)22-7-5-6-20(14-22)30-27(38)18-34-10-12-35(19-37)13-11-34/h3-9,14-17,19H,10-13,18H2,1-2H3,(H,30,38)(H,31,32)(H,39,40)/p-1. The summed E-state index contributed by atoms with van der Waals surface area (Å²) in [7, 11) is 3.06. The molecule has 1 unspecified atom stereocenters. The van der Waals surface area contributed by atoms with E-state index < -0.39 is 11.3 Å². The third-order valence-electron chi connectivity index (χ3n) is 6.80. The van der Waals surface area contributed by atoms with Gasteiger partial charge in [-0.2, -0.15) is 0 Å². The zero-order valence-electron chi connectivity index (χ0n) is 23.6. The largest absolute Gasteiger partial charge is 0.755 e. The van der Waals surface area contributed by atoms with Gasteiger partial charge in [-0.1, -0.05) is 18.2 Å². The van der Waals surface area contributed by atoms with Crippen LogP contribution < -0.4 is 24.4 Å². The maximum absolute atomic E-state index is 12.8. The highest BCUT2D eigenvalue weighted by molar-refractivity contribution is 7.81. The first-order chi connectivity index (χ1) is 20.9. The molecule has 1 aromatic heterocycles. The van der Waals surface area contributed by atoms with Crippen LogP contribution in [0.1, 0.15) is 0 Å². The fourth-order valence-corrected chi connectivity index (χ4v) is 5.21. The SMILES string of the molecule is COc1cc(Nc2nc3ccccc3nc2N(c2cccc(NC(=O)CN3CCN(C=O)CC3)c2)S(=O)[O-])cc(OC)c1. The number of carbonyl (C=O) groups is 2. The molecule has 1 saturated heterocycles. The molecule has 0 aliphatic carbocycles. The fourth-order valence-electron chi connectivity index (χ4n) is 4.65. The maximum atomic E-state index is 12.8. The van der Waals surface area contributed by atoms with Gasteiger partial charge in [0.05, 0.1) is 48.8 Å². The van der Waals surface area contributed by atoms with Crippen LogP contribution in [0, 0.1) is 0 Å². The fraction of sp³-hybridized carbons (Fsp3) is 0.241. The lowest BCUT2D eigenvalue weighted by atomic mass is 10.2. The minimum absolute atomic E-state index is 0.0188. The Morgan fingerprint density at radius 2 is 1.63 bits per heavy atom. The van der Waals surface area contributed by atoms with E-state index in [0.717, 1.165) is 10.7 Å². The third kappa shape index (κ3) is 7.17. The van der Waals surface area contributed by atoms with E-state index in [4.69, 9.17) is 9.47 Å². The first-order valence-corrected chi connectivity index (χ1v) is 14.4. The number of benzene rings is 3. The molecule has 2 N–H and O–H groups in total. The molecule has 14 heteroatoms. The maximum Gasteiger partial charge on any atom is 0.238 e. The molecule has 2 heterocycles. The van der Waals surface area contributed by atoms with E-state index in [1.54, 1.807) is 65.6 Å². The number of aromatic nitrogens is 2. The smallest absolute Gasteiger partial charge is 0.238 e. The van der Waals surface area contributed by atoms with Gasteiger partial charge in [0.25, 0.3) is 0 Å². The Kier molecular flexibility index (Phi) is 9.29. The summed E-state index contributed by atoms with van der Waals surface area (Å²) in [5.41, 5.74) is 2.22. The molecule has 1 atom stereocenters. The molecular formula is C29H30N7O6S-. The monoisotopic (exact) mass is 604 g/mol. The van der Waals surface area contributed by atoms with Gasteiger partial charge in [-0.3, -0.25) is 23.0 Å². The molecule has 2 amide bonds. The summed E-state index contributed by atoms with van der Waals surface area (Å²) >= 11 is -2.82. The van der Waals surface area contributed by atoms with E-state index in [2.05, 4.69) is 20.6 Å². The Morgan fingerprint density at radius 1 is 0.953 bits per heavy atom. The lowest BCUT2D eigenvalue weighted by molar-refractivity contribution is -0.120. The number of rotatable bonds is 11. The van der Waals surface area contributed by atoms with Crippen molar-refractivity contribution in [3.05, 3.63) is 66.7 Å². The Morgan fingerprint density at radius 3 is 2.26 bits per heavy atom. The summed E-state index contributed by atoms with van der Waals surface area (Å²) in [5.74, 6) is 0.977. The van der Waals surface area contributed by atoms with Gasteiger partial charge in [0.2, 0.25) is 12.3 Å². The predicted molar refractivity (Wildman–Crippen MR) is 163 cm³/mol. The van der Waals surface area contributed by atoms with E-state index in [0.29, 0.717) is 60.1 Å². The number of piperazine rings is 1. The molecule has 0 saturated carbocycles. The van der Waals surface area contributed by atoms with Gasteiger partial charge in [-0.15, -0.1) is 0 Å². The summed E-state index contributed by atoms with van der Waals surface area (Å²) in [6, 6.07) is 18.7. The zero-order valence-corrected chi connectivity index (χ0v) is 24.4. The molecule has 0 radical (unpaired) electrons. The molecular weight excluding hydrogens is 574 g/mol. The van der Waals surface area contributed by atoms with Crippen LogP contribution in [0.3, 0.4) is 0 Å². The van der Waals surface area contributed by atoms with Gasteiger partial charge < -0.3 is 29.6 Å². The number of para-hydroxylation sites is 2. The number of nitrogens with zero attached hydrogens (tertiary/aromatic N) is 5. The molecule has 0 bridgehead atoms. The van der Waals surface area contributed by atoms with Crippen molar-refractivity contribution < 1.29 is 27.8 Å². The third-order valence-corrected chi connectivity index (χ3v) is 7.48. The van der Waals surface area contributed by atoms with E-state index in [-0.39, 0.29) is 29.8 Å². The van der Waals surface area contributed by atoms with Crippen LogP contribution in [0.5, 0.6) is 11.5 Å². The number of anilines is 5. The lowest BCUT2D eigenvalue weighted by Crippen LogP contribution is -2.48. The quantitative estimate of drug-likeness (QED) is 0.193. The summed E-state index contributed by atoms with van der Waals surface area (Å²) in [4.78, 5) is 36.7. The highest BCUT2D eigenvalue weighted by atomic mass is 32.2. The van der Waals surface area contributed by atoms with Crippen LogP contribution in [0.15, 0.2) is 66.7 Å². The molecule has 1 aliphatic heterocycles. The van der Waals surface area contributed by atoms with Crippen LogP contribution in [0.4, 0.5) is 28.7 Å². The Labute approximate surface area is 250 Å². The summed E-state index contributed by atoms with van der Waals surface area (Å²) in [6.45, 7) is 2.43. The van der Waals surface area contributed by atoms with Crippen LogP contribution in [-0.4, -0.2) is 87.8 Å². The normalized spacial score (nSPS) is 14.2. The lowest BCUT2D eigenvalue weighted by Gasteiger charge is -2.31. The van der Waals surface area contributed by atoms with Crippen molar-refractivity contribution in [1.82, 2.24) is 19.8 Å². The minimum Gasteiger partial charge on any atom is -0.755 e. The molecule has 0 spiro atoms. The first kappa shape index (κ1) is 29.7. The van der Waals surface area contributed by atoms with Crippen molar-refractivity contribution in [1.29, 1.82) is 0 Å². The molecule has 43 heavy (non-hydrogen) atoms. The second-order valence-corrected chi connectivity index (χ2v) is 10.4. The molecule has 13 nitrogen and oxygen atoms in total. The topological polar surface area (TPSA) is 152 Å². The molecule has 1 fully saturated rings. The van der Waals surface area contributed by atoms with Crippen LogP contribution in [0.2, 0.25) is 0 Å². The van der Waals surface area contributed by atoms with Gasteiger partial charge in [0, 0.05) is 55.8 Å². The van der Waals surface area contributed by atoms with E-state index >= 15 is 0 Å². The van der Waals surface area contributed by atoms with Crippen LogP contribution in [-0.2, 0) is 20.9 Å². The molecule has 4 aromatic rings. The van der Waals surface area contributed by atoms with Gasteiger partial charge in [-0.05, 0) is 30.3 Å². The number of hydrogen-bond acceptors (Lipinski definition) is 10. The summed E-state index contributed by atoms with van der Waals surface area (Å²) < 4.78 is 37.3. The van der Waals surface area contributed by atoms with Gasteiger partial charge in [-0.25, -0.2) is 9.97 Å². The second kappa shape index (κ2) is 13.5. The van der Waals surface area contributed by atoms with Gasteiger partial charge >= 0.3 is 0 Å². The Hall–Kier alpha value is -4.79. The number of nitrogens with one attached hydrogen (secondary N) is 2. The van der Waals surface area contributed by atoms with Crippen LogP contribution >= 0.6 is 0 Å². The van der Waals surface area contributed by atoms with E-state index in [1.165, 1.54) is 14.2 Å². The van der Waals surface area contributed by atoms with Crippen molar-refractivity contribution in [3.8, 4) is 11.5 Å². The number of fused-ring (bicyclic) bond motifs is 1. The number of ether oxygens (including phenoxy) is 2. The second-order valence-electron chi connectivity index (χ2n) is 9.64. The first-order valence-electron chi connectivity index (χ1n) is 13.3. The number of methoxy groups -OCH3 is 2. The van der Waals surface area contributed by atoms with Gasteiger partial charge in [0.1, 0.15) is 11.5 Å². The van der Waals surface area contributed by atoms with Crippen molar-refractivity contribution in [3.63, 3.8) is 0 Å². The number of amides is 2. The molecule has 224 valence electrons. The van der Waals surface area contributed by atoms with Crippen molar-refractivity contribution in [2.75, 3.05) is 61.9 Å². The zero-order chi connectivity index (χ0) is 30.3. The highest BCUT2D eigenvalue weighted by Gasteiger charge is 2.22. The molecule has 3 aromatic carbocycles. The average molecular weight is 605 g/mol. The summed E-state index contributed by atoms with van der Waals surface area (Å²) in [5, 5.41) is 6.01.